The van der Waals surface area contributed by atoms with Crippen LogP contribution in [0.4, 0.5) is 17.6 Å². The Balaban J connectivity index is -0.000000174. The zero-order chi connectivity index (χ0) is 14.6. The van der Waals surface area contributed by atoms with E-state index in [0.29, 0.717) is 0 Å². The molecule has 0 aliphatic carbocycles. The maximum atomic E-state index is 11.2. The molecule has 0 aromatic carbocycles. The first kappa shape index (κ1) is 21.9. The number of halogens is 4. The summed E-state index contributed by atoms with van der Waals surface area (Å²) in [4.78, 5) is 0. The Morgan fingerprint density at radius 2 is 0.882 bits per heavy atom. The number of hydrogen-bond acceptors (Lipinski definition) is 2. The standard InChI is InChI=1S/2C4H8F2.C3H8O2/c2*1-3(2)4(5)6;1-3(5)2-4/h2*3-4H,1-2H3;3-5H,2H2,1H3. The van der Waals surface area contributed by atoms with E-state index >= 15 is 0 Å². The number of rotatable bonds is 3. The average Bonchev–Trinajstić information content (AvgIpc) is 2.19. The second-order valence-corrected chi connectivity index (χ2v) is 4.19. The SMILES string of the molecule is CC(C)C(F)F.CC(C)C(F)F.CC(O)CO. The molecule has 2 N–H and O–H groups in total. The number of aliphatic hydroxyl groups is 2. The van der Waals surface area contributed by atoms with Crippen LogP contribution >= 0.6 is 0 Å². The molecule has 0 amide bonds. The van der Waals surface area contributed by atoms with Gasteiger partial charge in [0, 0.05) is 11.8 Å². The van der Waals surface area contributed by atoms with Crippen molar-refractivity contribution in [2.75, 3.05) is 6.61 Å². The Morgan fingerprint density at radius 3 is 0.882 bits per heavy atom. The highest BCUT2D eigenvalue weighted by molar-refractivity contribution is 4.42. The molecule has 0 saturated carbocycles. The van der Waals surface area contributed by atoms with Crippen molar-refractivity contribution in [2.45, 2.75) is 53.6 Å². The summed E-state index contributed by atoms with van der Waals surface area (Å²) in [6.45, 7) is 7.35. The molecular formula is C11H24F4O2. The van der Waals surface area contributed by atoms with Crippen LogP contribution in [0.3, 0.4) is 0 Å². The summed E-state index contributed by atoms with van der Waals surface area (Å²) in [6.07, 6.45) is -4.86. The Bertz CT molecular complexity index is 115. The highest BCUT2D eigenvalue weighted by Gasteiger charge is 2.06. The second-order valence-electron chi connectivity index (χ2n) is 4.19. The third kappa shape index (κ3) is 31.3. The van der Waals surface area contributed by atoms with Crippen molar-refractivity contribution in [3.8, 4) is 0 Å². The molecular weight excluding hydrogens is 240 g/mol. The van der Waals surface area contributed by atoms with Crippen molar-refractivity contribution in [1.29, 1.82) is 0 Å². The monoisotopic (exact) mass is 264 g/mol. The Kier molecular flexibility index (Phi) is 17.6. The smallest absolute Gasteiger partial charge is 0.240 e. The Hall–Kier alpha value is -0.360. The predicted molar refractivity (Wildman–Crippen MR) is 60.5 cm³/mol. The van der Waals surface area contributed by atoms with E-state index < -0.39 is 30.8 Å². The minimum Gasteiger partial charge on any atom is -0.394 e. The van der Waals surface area contributed by atoms with Gasteiger partial charge < -0.3 is 10.2 Å². The van der Waals surface area contributed by atoms with Crippen LogP contribution in [0.5, 0.6) is 0 Å². The number of hydrogen-bond donors (Lipinski definition) is 2. The lowest BCUT2D eigenvalue weighted by atomic mass is 10.2. The molecule has 1 unspecified atom stereocenters. The van der Waals surface area contributed by atoms with Crippen LogP contribution in [-0.4, -0.2) is 35.8 Å². The fraction of sp³-hybridized carbons (Fsp3) is 1.00. The summed E-state index contributed by atoms with van der Waals surface area (Å²) in [5, 5.41) is 16.0. The van der Waals surface area contributed by atoms with Crippen LogP contribution in [0.25, 0.3) is 0 Å². The largest absolute Gasteiger partial charge is 0.394 e. The first-order valence-electron chi connectivity index (χ1n) is 5.41. The number of alkyl halides is 4. The van der Waals surface area contributed by atoms with Gasteiger partial charge in [-0.05, 0) is 6.92 Å². The summed E-state index contributed by atoms with van der Waals surface area (Å²) in [6, 6.07) is 0. The summed E-state index contributed by atoms with van der Waals surface area (Å²) in [5.74, 6) is -0.963. The lowest BCUT2D eigenvalue weighted by Crippen LogP contribution is -2.03. The van der Waals surface area contributed by atoms with Gasteiger partial charge in [0.05, 0.1) is 12.7 Å². The maximum Gasteiger partial charge on any atom is 0.240 e. The minimum atomic E-state index is -2.15. The van der Waals surface area contributed by atoms with Crippen LogP contribution in [0, 0.1) is 11.8 Å². The van der Waals surface area contributed by atoms with E-state index in [0.717, 1.165) is 0 Å². The predicted octanol–water partition coefficient (Wildman–Crippen LogP) is 3.17. The third-order valence-electron chi connectivity index (χ3n) is 1.27. The van der Waals surface area contributed by atoms with E-state index in [9.17, 15) is 17.6 Å². The highest BCUT2D eigenvalue weighted by Crippen LogP contribution is 2.05. The van der Waals surface area contributed by atoms with Gasteiger partial charge in [-0.15, -0.1) is 0 Å². The molecule has 0 rings (SSSR count). The topological polar surface area (TPSA) is 40.5 Å². The average molecular weight is 264 g/mol. The molecule has 0 radical (unpaired) electrons. The van der Waals surface area contributed by atoms with E-state index in [1.165, 1.54) is 34.6 Å². The fourth-order valence-corrected chi connectivity index (χ4v) is 0. The molecule has 1 atom stereocenters. The third-order valence-corrected chi connectivity index (χ3v) is 1.27. The van der Waals surface area contributed by atoms with Gasteiger partial charge in [0.2, 0.25) is 12.9 Å². The molecule has 2 nitrogen and oxygen atoms in total. The molecule has 0 bridgehead atoms. The molecule has 0 heterocycles. The van der Waals surface area contributed by atoms with Gasteiger partial charge in [-0.2, -0.15) is 0 Å². The van der Waals surface area contributed by atoms with Crippen molar-refractivity contribution in [1.82, 2.24) is 0 Å². The van der Waals surface area contributed by atoms with Gasteiger partial charge >= 0.3 is 0 Å². The van der Waals surface area contributed by atoms with Gasteiger partial charge in [-0.25, -0.2) is 17.6 Å². The quantitative estimate of drug-likeness (QED) is 0.769. The molecule has 17 heavy (non-hydrogen) atoms. The van der Waals surface area contributed by atoms with Crippen LogP contribution < -0.4 is 0 Å². The van der Waals surface area contributed by atoms with Crippen LogP contribution in [0.15, 0.2) is 0 Å². The van der Waals surface area contributed by atoms with E-state index in [2.05, 4.69) is 0 Å². The summed E-state index contributed by atoms with van der Waals surface area (Å²) < 4.78 is 44.6. The van der Waals surface area contributed by atoms with Crippen molar-refractivity contribution >= 4 is 0 Å². The summed E-state index contributed by atoms with van der Waals surface area (Å²) in [5.41, 5.74) is 0. The van der Waals surface area contributed by atoms with Crippen molar-refractivity contribution in [3.63, 3.8) is 0 Å². The van der Waals surface area contributed by atoms with Gasteiger partial charge in [0.1, 0.15) is 0 Å². The molecule has 0 aromatic rings. The van der Waals surface area contributed by atoms with Gasteiger partial charge in [-0.1, -0.05) is 27.7 Å². The fourth-order valence-electron chi connectivity index (χ4n) is 0. The molecule has 0 aliphatic heterocycles. The molecule has 0 saturated heterocycles. The lowest BCUT2D eigenvalue weighted by Gasteiger charge is -1.97. The van der Waals surface area contributed by atoms with Crippen molar-refractivity contribution in [2.24, 2.45) is 11.8 Å². The zero-order valence-corrected chi connectivity index (χ0v) is 11.0. The normalized spacial score (nSPS) is 12.2. The number of aliphatic hydroxyl groups excluding tert-OH is 2. The molecule has 0 aliphatic rings. The molecule has 6 heteroatoms. The van der Waals surface area contributed by atoms with E-state index in [4.69, 9.17) is 10.2 Å². The van der Waals surface area contributed by atoms with E-state index in [1.807, 2.05) is 0 Å². The summed E-state index contributed by atoms with van der Waals surface area (Å²) >= 11 is 0. The molecule has 0 spiro atoms. The van der Waals surface area contributed by atoms with Gasteiger partial charge in [-0.3, -0.25) is 0 Å². The van der Waals surface area contributed by atoms with Crippen LogP contribution in [0.1, 0.15) is 34.6 Å². The van der Waals surface area contributed by atoms with Gasteiger partial charge in [0.15, 0.2) is 0 Å². The van der Waals surface area contributed by atoms with Crippen LogP contribution in [0.2, 0.25) is 0 Å². The first-order chi connectivity index (χ1) is 7.56. The van der Waals surface area contributed by atoms with Gasteiger partial charge in [0.25, 0.3) is 0 Å². The lowest BCUT2D eigenvalue weighted by molar-refractivity contribution is 0.0952. The van der Waals surface area contributed by atoms with Crippen LogP contribution in [-0.2, 0) is 0 Å². The van der Waals surface area contributed by atoms with Crippen molar-refractivity contribution in [3.05, 3.63) is 0 Å². The van der Waals surface area contributed by atoms with Crippen molar-refractivity contribution < 1.29 is 27.8 Å². The Morgan fingerprint density at radius 1 is 0.765 bits per heavy atom. The van der Waals surface area contributed by atoms with E-state index in [1.54, 1.807) is 0 Å². The van der Waals surface area contributed by atoms with E-state index in [-0.39, 0.29) is 6.61 Å². The Labute approximate surface area is 101 Å². The first-order valence-corrected chi connectivity index (χ1v) is 5.41. The maximum absolute atomic E-state index is 11.2. The molecule has 108 valence electrons. The minimum absolute atomic E-state index is 0.139. The molecule has 0 aromatic heterocycles. The second kappa shape index (κ2) is 13.7. The summed E-state index contributed by atoms with van der Waals surface area (Å²) in [7, 11) is 0. The molecule has 0 fully saturated rings. The highest BCUT2D eigenvalue weighted by atomic mass is 19.3. The zero-order valence-electron chi connectivity index (χ0n) is 11.0.